The minimum Gasteiger partial charge on any atom is -0.468 e. The fourth-order valence-corrected chi connectivity index (χ4v) is 2.31. The molecule has 4 nitrogen and oxygen atoms in total. The zero-order valence-corrected chi connectivity index (χ0v) is 12.0. The van der Waals surface area contributed by atoms with Gasteiger partial charge in [-0.2, -0.15) is 0 Å². The number of ether oxygens (including phenoxy) is 1. The molecule has 1 aromatic heterocycles. The van der Waals surface area contributed by atoms with Crippen LogP contribution in [-0.2, 0) is 16.1 Å². The first-order chi connectivity index (χ1) is 9.78. The van der Waals surface area contributed by atoms with E-state index in [1.165, 1.54) is 18.9 Å². The molecule has 1 heterocycles. The highest BCUT2D eigenvalue weighted by Gasteiger charge is 2.02. The van der Waals surface area contributed by atoms with Crippen LogP contribution < -0.4 is 5.32 Å². The Hall–Kier alpha value is -2.01. The molecule has 0 saturated heterocycles. The minimum atomic E-state index is -0.214. The standard InChI is InChI=1S/C15H16N2O2S/c1-19-15(18)11-20-14-6-4-13(5-7-14)17-10-12-3-2-8-16-9-12/h2-9,17H,10-11H2,1H3. The van der Waals surface area contributed by atoms with E-state index in [4.69, 9.17) is 0 Å². The number of esters is 1. The fraction of sp³-hybridized carbons (Fsp3) is 0.200. The van der Waals surface area contributed by atoms with Crippen molar-refractivity contribution in [1.29, 1.82) is 0 Å². The van der Waals surface area contributed by atoms with Gasteiger partial charge < -0.3 is 10.1 Å². The first-order valence-electron chi connectivity index (χ1n) is 6.20. The van der Waals surface area contributed by atoms with Gasteiger partial charge in [0.2, 0.25) is 0 Å². The van der Waals surface area contributed by atoms with Gasteiger partial charge in [-0.25, -0.2) is 0 Å². The summed E-state index contributed by atoms with van der Waals surface area (Å²) in [6.45, 7) is 0.739. The molecule has 104 valence electrons. The van der Waals surface area contributed by atoms with Crippen molar-refractivity contribution in [2.24, 2.45) is 0 Å². The molecule has 0 spiro atoms. The monoisotopic (exact) mass is 288 g/mol. The third-order valence-electron chi connectivity index (χ3n) is 2.66. The van der Waals surface area contributed by atoms with Gasteiger partial charge in [0.05, 0.1) is 12.9 Å². The maximum atomic E-state index is 11.1. The van der Waals surface area contributed by atoms with Crippen LogP contribution in [0.3, 0.4) is 0 Å². The molecule has 0 atom stereocenters. The molecule has 0 amide bonds. The molecular formula is C15H16N2O2S. The molecule has 20 heavy (non-hydrogen) atoms. The summed E-state index contributed by atoms with van der Waals surface area (Å²) in [4.78, 5) is 16.2. The average Bonchev–Trinajstić information content (AvgIpc) is 2.52. The maximum absolute atomic E-state index is 11.1. The molecule has 2 rings (SSSR count). The summed E-state index contributed by atoms with van der Waals surface area (Å²) < 4.78 is 4.61. The zero-order valence-electron chi connectivity index (χ0n) is 11.2. The Bertz CT molecular complexity index is 544. The van der Waals surface area contributed by atoms with Gasteiger partial charge in [-0.1, -0.05) is 6.07 Å². The predicted octanol–water partition coefficient (Wildman–Crippen LogP) is 2.96. The Morgan fingerprint density at radius 3 is 2.75 bits per heavy atom. The molecule has 5 heteroatoms. The third kappa shape index (κ3) is 4.59. The van der Waals surface area contributed by atoms with Gasteiger partial charge in [-0.15, -0.1) is 11.8 Å². The van der Waals surface area contributed by atoms with Crippen LogP contribution in [0.1, 0.15) is 5.56 Å². The second-order valence-corrected chi connectivity index (χ2v) is 5.15. The predicted molar refractivity (Wildman–Crippen MR) is 80.7 cm³/mol. The van der Waals surface area contributed by atoms with E-state index in [1.807, 2.05) is 42.6 Å². The minimum absolute atomic E-state index is 0.214. The number of rotatable bonds is 6. The number of methoxy groups -OCH3 is 1. The van der Waals surface area contributed by atoms with Gasteiger partial charge in [-0.3, -0.25) is 9.78 Å². The lowest BCUT2D eigenvalue weighted by molar-refractivity contribution is -0.137. The van der Waals surface area contributed by atoms with Crippen LogP contribution in [0.5, 0.6) is 0 Å². The molecular weight excluding hydrogens is 272 g/mol. The summed E-state index contributed by atoms with van der Waals surface area (Å²) in [6, 6.07) is 11.9. The Morgan fingerprint density at radius 2 is 2.10 bits per heavy atom. The highest BCUT2D eigenvalue weighted by atomic mass is 32.2. The molecule has 1 aromatic carbocycles. The number of carbonyl (C=O) groups is 1. The topological polar surface area (TPSA) is 51.2 Å². The summed E-state index contributed by atoms with van der Waals surface area (Å²) in [5.74, 6) is 0.118. The summed E-state index contributed by atoms with van der Waals surface area (Å²) >= 11 is 1.46. The molecule has 0 fully saturated rings. The number of thioether (sulfide) groups is 1. The highest BCUT2D eigenvalue weighted by Crippen LogP contribution is 2.20. The number of carbonyl (C=O) groups excluding carboxylic acids is 1. The van der Waals surface area contributed by atoms with Crippen molar-refractivity contribution in [2.75, 3.05) is 18.2 Å². The van der Waals surface area contributed by atoms with Crippen molar-refractivity contribution in [3.8, 4) is 0 Å². The molecule has 2 aromatic rings. The third-order valence-corrected chi connectivity index (χ3v) is 3.64. The van der Waals surface area contributed by atoms with Gasteiger partial charge in [0.25, 0.3) is 0 Å². The van der Waals surface area contributed by atoms with Crippen molar-refractivity contribution < 1.29 is 9.53 Å². The fourth-order valence-electron chi connectivity index (χ4n) is 1.58. The van der Waals surface area contributed by atoms with Crippen LogP contribution in [0.25, 0.3) is 0 Å². The number of pyridine rings is 1. The molecule has 0 aliphatic carbocycles. The Morgan fingerprint density at radius 1 is 1.30 bits per heavy atom. The Kier molecular flexibility index (Phi) is 5.43. The van der Waals surface area contributed by atoms with Crippen molar-refractivity contribution in [2.45, 2.75) is 11.4 Å². The molecule has 0 radical (unpaired) electrons. The van der Waals surface area contributed by atoms with Gasteiger partial charge >= 0.3 is 5.97 Å². The normalized spacial score (nSPS) is 10.1. The SMILES string of the molecule is COC(=O)CSc1ccc(NCc2cccnc2)cc1. The van der Waals surface area contributed by atoms with Crippen molar-refractivity contribution in [1.82, 2.24) is 4.98 Å². The second kappa shape index (κ2) is 7.55. The van der Waals surface area contributed by atoms with E-state index in [0.717, 1.165) is 22.7 Å². The lowest BCUT2D eigenvalue weighted by atomic mass is 10.2. The van der Waals surface area contributed by atoms with Crippen molar-refractivity contribution >= 4 is 23.4 Å². The van der Waals surface area contributed by atoms with Crippen LogP contribution in [0.2, 0.25) is 0 Å². The number of aromatic nitrogens is 1. The molecule has 0 saturated carbocycles. The van der Waals surface area contributed by atoms with Crippen LogP contribution in [0, 0.1) is 0 Å². The van der Waals surface area contributed by atoms with Crippen LogP contribution in [0.15, 0.2) is 53.7 Å². The number of benzene rings is 1. The van der Waals surface area contributed by atoms with E-state index in [2.05, 4.69) is 15.0 Å². The summed E-state index contributed by atoms with van der Waals surface area (Å²) in [5, 5.41) is 3.32. The Labute approximate surface area is 122 Å². The number of hydrogen-bond donors (Lipinski definition) is 1. The molecule has 0 unspecified atom stereocenters. The van der Waals surface area contributed by atoms with Gasteiger partial charge in [0, 0.05) is 29.5 Å². The van der Waals surface area contributed by atoms with Gasteiger partial charge in [0.1, 0.15) is 0 Å². The van der Waals surface area contributed by atoms with Crippen LogP contribution in [-0.4, -0.2) is 23.8 Å². The zero-order chi connectivity index (χ0) is 14.2. The number of anilines is 1. The summed E-state index contributed by atoms with van der Waals surface area (Å²) in [7, 11) is 1.40. The van der Waals surface area contributed by atoms with Crippen LogP contribution in [0.4, 0.5) is 5.69 Å². The van der Waals surface area contributed by atoms with E-state index in [1.54, 1.807) is 6.20 Å². The number of nitrogens with zero attached hydrogens (tertiary/aromatic N) is 1. The highest BCUT2D eigenvalue weighted by molar-refractivity contribution is 8.00. The maximum Gasteiger partial charge on any atom is 0.315 e. The van der Waals surface area contributed by atoms with E-state index in [-0.39, 0.29) is 5.97 Å². The summed E-state index contributed by atoms with van der Waals surface area (Å²) in [6.07, 6.45) is 3.60. The lowest BCUT2D eigenvalue weighted by Crippen LogP contribution is -2.02. The van der Waals surface area contributed by atoms with Crippen LogP contribution >= 0.6 is 11.8 Å². The van der Waals surface area contributed by atoms with Gasteiger partial charge in [-0.05, 0) is 35.9 Å². The van der Waals surface area contributed by atoms with Crippen molar-refractivity contribution in [3.63, 3.8) is 0 Å². The molecule has 1 N–H and O–H groups in total. The second-order valence-electron chi connectivity index (χ2n) is 4.10. The van der Waals surface area contributed by atoms with E-state index >= 15 is 0 Å². The molecule has 0 aliphatic rings. The Balaban J connectivity index is 1.84. The van der Waals surface area contributed by atoms with Crippen molar-refractivity contribution in [3.05, 3.63) is 54.4 Å². The smallest absolute Gasteiger partial charge is 0.315 e. The molecule has 0 aliphatic heterocycles. The first-order valence-corrected chi connectivity index (χ1v) is 7.19. The van der Waals surface area contributed by atoms with E-state index < -0.39 is 0 Å². The van der Waals surface area contributed by atoms with Gasteiger partial charge in [0.15, 0.2) is 0 Å². The summed E-state index contributed by atoms with van der Waals surface area (Å²) in [5.41, 5.74) is 2.17. The number of nitrogens with one attached hydrogen (secondary N) is 1. The largest absolute Gasteiger partial charge is 0.468 e. The van der Waals surface area contributed by atoms with E-state index in [9.17, 15) is 4.79 Å². The average molecular weight is 288 g/mol. The lowest BCUT2D eigenvalue weighted by Gasteiger charge is -2.07. The van der Waals surface area contributed by atoms with E-state index in [0.29, 0.717) is 5.75 Å². The quantitative estimate of drug-likeness (QED) is 0.654. The number of hydrogen-bond acceptors (Lipinski definition) is 5. The molecule has 0 bridgehead atoms. The first kappa shape index (κ1) is 14.4.